The first-order valence-corrected chi connectivity index (χ1v) is 16.0. The largest absolute Gasteiger partial charge is 0.423 e. The maximum Gasteiger partial charge on any atom is 0.335 e. The Balaban J connectivity index is 1.65. The maximum atomic E-state index is 14.2. The second kappa shape index (κ2) is 10.1. The molecule has 0 saturated heterocycles. The minimum absolute atomic E-state index is 0.0179. The molecule has 39 heavy (non-hydrogen) atoms. The molecule has 2 bridgehead atoms. The van der Waals surface area contributed by atoms with Crippen molar-refractivity contribution in [2.24, 2.45) is 16.7 Å². The fraction of sp³-hybridized carbons (Fsp3) is 0.290. The lowest BCUT2D eigenvalue weighted by molar-refractivity contribution is -0.129. The predicted molar refractivity (Wildman–Crippen MR) is 151 cm³/mol. The summed E-state index contributed by atoms with van der Waals surface area (Å²) in [6.07, 6.45) is 2.89. The van der Waals surface area contributed by atoms with Gasteiger partial charge in [-0.3, -0.25) is 4.79 Å². The van der Waals surface area contributed by atoms with Crippen molar-refractivity contribution in [3.8, 4) is 5.75 Å². The molecule has 5 rings (SSSR count). The van der Waals surface area contributed by atoms with E-state index in [0.717, 1.165) is 12.5 Å². The van der Waals surface area contributed by atoms with Gasteiger partial charge in [0.15, 0.2) is 0 Å². The standard InChI is InChI=1S/C31H32O6S2/c1-4-29(33)36-24-15-17-27(18-16-24)39(25-11-7-5-8-12-25,26-13-9-6-10-14-26)37-38(34,35)22-31-20-19-23(21-28(31)32)30(31,2)3/h4-18,23H,1,19-22H2,2-3H3. The zero-order valence-corrected chi connectivity index (χ0v) is 23.7. The number of benzene rings is 3. The normalized spacial score (nSPS) is 22.4. The van der Waals surface area contributed by atoms with E-state index in [1.165, 1.54) is 0 Å². The zero-order chi connectivity index (χ0) is 27.9. The molecular weight excluding hydrogens is 532 g/mol. The molecule has 0 radical (unpaired) electrons. The molecule has 3 aromatic carbocycles. The van der Waals surface area contributed by atoms with Crippen LogP contribution in [0.15, 0.2) is 112 Å². The number of carbonyl (C=O) groups excluding carboxylic acids is 2. The minimum Gasteiger partial charge on any atom is -0.423 e. The van der Waals surface area contributed by atoms with Crippen LogP contribution >= 0.6 is 10.3 Å². The Morgan fingerprint density at radius 1 is 0.923 bits per heavy atom. The van der Waals surface area contributed by atoms with Crippen molar-refractivity contribution >= 4 is 32.2 Å². The molecule has 0 spiro atoms. The first-order valence-electron chi connectivity index (χ1n) is 12.9. The van der Waals surface area contributed by atoms with Crippen molar-refractivity contribution in [3.63, 3.8) is 0 Å². The van der Waals surface area contributed by atoms with Crippen molar-refractivity contribution in [1.29, 1.82) is 0 Å². The SMILES string of the molecule is C=CC(=O)Oc1ccc(S(OS(=O)(=O)CC23CCC(CC2=O)C3(C)C)(c2ccccc2)c2ccccc2)cc1. The zero-order valence-electron chi connectivity index (χ0n) is 22.0. The highest BCUT2D eigenvalue weighted by Crippen LogP contribution is 2.71. The number of ether oxygens (including phenoxy) is 1. The molecule has 2 aliphatic carbocycles. The van der Waals surface area contributed by atoms with Crippen LogP contribution in [0.2, 0.25) is 0 Å². The summed E-state index contributed by atoms with van der Waals surface area (Å²) < 4.78 is 40.0. The quantitative estimate of drug-likeness (QED) is 0.163. The summed E-state index contributed by atoms with van der Waals surface area (Å²) in [5, 5.41) is 0. The monoisotopic (exact) mass is 564 g/mol. The van der Waals surface area contributed by atoms with E-state index in [1.807, 2.05) is 74.5 Å². The van der Waals surface area contributed by atoms with Crippen LogP contribution in [0.25, 0.3) is 0 Å². The molecule has 6 nitrogen and oxygen atoms in total. The van der Waals surface area contributed by atoms with E-state index in [2.05, 4.69) is 6.58 Å². The lowest BCUT2D eigenvalue weighted by Gasteiger charge is -2.41. The van der Waals surface area contributed by atoms with Crippen LogP contribution in [0.5, 0.6) is 5.75 Å². The summed E-state index contributed by atoms with van der Waals surface area (Å²) >= 11 is 0. The molecule has 0 amide bonds. The van der Waals surface area contributed by atoms with E-state index >= 15 is 0 Å². The van der Waals surface area contributed by atoms with Gasteiger partial charge in [-0.1, -0.05) is 56.8 Å². The smallest absolute Gasteiger partial charge is 0.335 e. The molecule has 8 heteroatoms. The van der Waals surface area contributed by atoms with Gasteiger partial charge in [-0.15, -0.1) is 0 Å². The topological polar surface area (TPSA) is 86.7 Å². The van der Waals surface area contributed by atoms with Crippen molar-refractivity contribution in [2.45, 2.75) is 47.8 Å². The molecule has 2 unspecified atom stereocenters. The van der Waals surface area contributed by atoms with Crippen LogP contribution in [0.4, 0.5) is 0 Å². The summed E-state index contributed by atoms with van der Waals surface area (Å²) in [6, 6.07) is 25.2. The minimum atomic E-state index is -4.23. The van der Waals surface area contributed by atoms with E-state index in [9.17, 15) is 18.0 Å². The van der Waals surface area contributed by atoms with Gasteiger partial charge in [0.2, 0.25) is 0 Å². The molecule has 2 atom stereocenters. The van der Waals surface area contributed by atoms with E-state index in [4.69, 9.17) is 8.37 Å². The van der Waals surface area contributed by atoms with Crippen LogP contribution in [0.3, 0.4) is 0 Å². The Bertz CT molecular complexity index is 1460. The van der Waals surface area contributed by atoms with Crippen LogP contribution in [0.1, 0.15) is 33.1 Å². The van der Waals surface area contributed by atoms with Gasteiger partial charge in [0.25, 0.3) is 10.1 Å². The van der Waals surface area contributed by atoms with Gasteiger partial charge in [0.1, 0.15) is 11.5 Å². The van der Waals surface area contributed by atoms with Crippen molar-refractivity contribution in [3.05, 3.63) is 97.6 Å². The van der Waals surface area contributed by atoms with E-state index < -0.39 is 37.2 Å². The van der Waals surface area contributed by atoms with Crippen molar-refractivity contribution in [2.75, 3.05) is 5.75 Å². The number of rotatable bonds is 9. The summed E-state index contributed by atoms with van der Waals surface area (Å²) in [5.41, 5.74) is -1.38. The average molecular weight is 565 g/mol. The molecule has 204 valence electrons. The van der Waals surface area contributed by atoms with Gasteiger partial charge in [-0.2, -0.15) is 8.42 Å². The summed E-state index contributed by atoms with van der Waals surface area (Å²) in [5.74, 6) is -0.443. The predicted octanol–water partition coefficient (Wildman–Crippen LogP) is 6.72. The van der Waals surface area contributed by atoms with Crippen molar-refractivity contribution in [1.82, 2.24) is 0 Å². The van der Waals surface area contributed by atoms with Gasteiger partial charge in [0.05, 0.1) is 11.2 Å². The first kappa shape index (κ1) is 27.4. The van der Waals surface area contributed by atoms with Crippen LogP contribution in [-0.4, -0.2) is 25.9 Å². The van der Waals surface area contributed by atoms with Crippen LogP contribution in [0, 0.1) is 16.7 Å². The van der Waals surface area contributed by atoms with E-state index in [0.29, 0.717) is 33.3 Å². The van der Waals surface area contributed by atoms with Crippen LogP contribution in [-0.2, 0) is 23.3 Å². The number of hydrogen-bond acceptors (Lipinski definition) is 6. The molecular formula is C31H32O6S2. The molecule has 2 saturated carbocycles. The number of hydrogen-bond donors (Lipinski definition) is 0. The molecule has 2 aliphatic rings. The number of esters is 1. The van der Waals surface area contributed by atoms with Gasteiger partial charge >= 0.3 is 5.97 Å². The first-order chi connectivity index (χ1) is 18.5. The third-order valence-corrected chi connectivity index (χ3v) is 13.8. The van der Waals surface area contributed by atoms with Gasteiger partial charge in [-0.05, 0) is 83.0 Å². The van der Waals surface area contributed by atoms with E-state index in [1.54, 1.807) is 24.3 Å². The van der Waals surface area contributed by atoms with Gasteiger partial charge in [-0.25, -0.2) is 8.42 Å². The molecule has 2 fully saturated rings. The Morgan fingerprint density at radius 2 is 1.46 bits per heavy atom. The Kier molecular flexibility index (Phi) is 7.07. The highest BCUT2D eigenvalue weighted by molar-refractivity contribution is 8.33. The second-order valence-electron chi connectivity index (χ2n) is 10.7. The lowest BCUT2D eigenvalue weighted by atomic mass is 9.70. The maximum absolute atomic E-state index is 14.2. The summed E-state index contributed by atoms with van der Waals surface area (Å²) in [7, 11) is -7.05. The third-order valence-electron chi connectivity index (χ3n) is 8.46. The second-order valence-corrected chi connectivity index (χ2v) is 15.2. The summed E-state index contributed by atoms with van der Waals surface area (Å²) in [4.78, 5) is 26.9. The average Bonchev–Trinajstić information content (AvgIpc) is 3.27. The van der Waals surface area contributed by atoms with Crippen molar-refractivity contribution < 1.29 is 26.4 Å². The molecule has 3 aromatic rings. The third kappa shape index (κ3) is 4.64. The van der Waals surface area contributed by atoms with Gasteiger partial charge in [0, 0.05) is 27.2 Å². The highest BCUT2D eigenvalue weighted by Gasteiger charge is 2.65. The number of fused-ring (bicyclic) bond motifs is 2. The molecule has 0 heterocycles. The van der Waals surface area contributed by atoms with Gasteiger partial charge < -0.3 is 4.74 Å². The molecule has 0 aliphatic heterocycles. The number of carbonyl (C=O) groups is 2. The van der Waals surface area contributed by atoms with E-state index in [-0.39, 0.29) is 17.5 Å². The summed E-state index contributed by atoms with van der Waals surface area (Å²) in [6.45, 7) is 7.46. The highest BCUT2D eigenvalue weighted by atomic mass is 32.3. The Hall–Kier alpha value is -3.20. The Labute approximate surface area is 231 Å². The molecule has 0 aromatic heterocycles. The molecule has 0 N–H and O–H groups in total. The lowest BCUT2D eigenvalue weighted by Crippen LogP contribution is -2.42. The fourth-order valence-corrected chi connectivity index (χ4v) is 12.3. The van der Waals surface area contributed by atoms with Crippen LogP contribution < -0.4 is 4.74 Å². The fourth-order valence-electron chi connectivity index (χ4n) is 6.20. The Morgan fingerprint density at radius 3 is 1.92 bits per heavy atom. The number of ketones is 1. The number of Topliss-reactive ketones (excluding diaryl/α,β-unsaturated/α-hetero) is 1.